The van der Waals surface area contributed by atoms with Crippen molar-refractivity contribution >= 4 is 11.8 Å². The highest BCUT2D eigenvalue weighted by molar-refractivity contribution is 5.72. The number of aromatic nitrogens is 2. The van der Waals surface area contributed by atoms with Gasteiger partial charge in [0.25, 0.3) is 0 Å². The Morgan fingerprint density at radius 3 is 2.69 bits per heavy atom. The average molecular weight is 229 g/mol. The van der Waals surface area contributed by atoms with Crippen LogP contribution in [0.5, 0.6) is 0 Å². The van der Waals surface area contributed by atoms with Crippen molar-refractivity contribution in [3.63, 3.8) is 0 Å². The summed E-state index contributed by atoms with van der Waals surface area (Å²) in [4.78, 5) is 24.9. The lowest BCUT2D eigenvalue weighted by Gasteiger charge is -2.14. The monoisotopic (exact) mass is 229 g/mol. The highest BCUT2D eigenvalue weighted by Gasteiger charge is 2.24. The molecule has 0 aliphatic rings. The van der Waals surface area contributed by atoms with Gasteiger partial charge in [-0.2, -0.15) is 4.98 Å². The van der Waals surface area contributed by atoms with Crippen molar-refractivity contribution in [2.75, 3.05) is 5.73 Å². The number of nitrogens with zero attached hydrogens (tertiary/aromatic N) is 2. The molecule has 8 nitrogen and oxygen atoms in total. The predicted octanol–water partition coefficient (Wildman–Crippen LogP) is -2.37. The van der Waals surface area contributed by atoms with Crippen LogP contribution in [0.3, 0.4) is 0 Å². The van der Waals surface area contributed by atoms with Gasteiger partial charge < -0.3 is 21.1 Å². The third-order valence-corrected chi connectivity index (χ3v) is 1.90. The van der Waals surface area contributed by atoms with E-state index in [0.717, 1.165) is 4.57 Å². The second-order valence-electron chi connectivity index (χ2n) is 3.14. The maximum Gasteiger partial charge on any atom is 0.349 e. The second kappa shape index (κ2) is 4.73. The fourth-order valence-electron chi connectivity index (χ4n) is 1.05. The van der Waals surface area contributed by atoms with Gasteiger partial charge in [-0.15, -0.1) is 0 Å². The molecule has 0 saturated carbocycles. The Balaban J connectivity index is 2.81. The maximum atomic E-state index is 11.2. The van der Waals surface area contributed by atoms with Crippen molar-refractivity contribution in [1.29, 1.82) is 0 Å². The molecule has 1 heterocycles. The zero-order chi connectivity index (χ0) is 12.3. The van der Waals surface area contributed by atoms with Gasteiger partial charge in [0.2, 0.25) is 0 Å². The summed E-state index contributed by atoms with van der Waals surface area (Å²) in [5, 5.41) is 26.7. The van der Waals surface area contributed by atoms with Crippen molar-refractivity contribution < 1.29 is 20.1 Å². The molecule has 0 aromatic carbocycles. The summed E-state index contributed by atoms with van der Waals surface area (Å²) in [6.45, 7) is -0.375. The lowest BCUT2D eigenvalue weighted by atomic mass is 10.2. The van der Waals surface area contributed by atoms with E-state index in [1.54, 1.807) is 0 Å². The van der Waals surface area contributed by atoms with E-state index < -0.39 is 23.9 Å². The predicted molar refractivity (Wildman–Crippen MR) is 52.6 cm³/mol. The average Bonchev–Trinajstić information content (AvgIpc) is 2.20. The molecule has 0 aliphatic carbocycles. The Hall–Kier alpha value is -1.93. The number of rotatable bonds is 4. The van der Waals surface area contributed by atoms with Crippen LogP contribution in [0, 0.1) is 0 Å². The number of anilines is 1. The summed E-state index contributed by atoms with van der Waals surface area (Å²) >= 11 is 0. The van der Waals surface area contributed by atoms with Gasteiger partial charge in [0.05, 0.1) is 6.54 Å². The Morgan fingerprint density at radius 1 is 1.56 bits per heavy atom. The molecule has 8 heteroatoms. The number of carboxylic acid groups (broad SMARTS) is 1. The number of aliphatic hydroxyl groups is 2. The molecule has 1 rings (SSSR count). The van der Waals surface area contributed by atoms with Crippen LogP contribution in [0.2, 0.25) is 0 Å². The third-order valence-electron chi connectivity index (χ3n) is 1.90. The summed E-state index contributed by atoms with van der Waals surface area (Å²) in [6, 6.07) is 1.32. The van der Waals surface area contributed by atoms with E-state index in [-0.39, 0.29) is 12.4 Å². The maximum absolute atomic E-state index is 11.2. The summed E-state index contributed by atoms with van der Waals surface area (Å²) in [5.74, 6) is -1.54. The quantitative estimate of drug-likeness (QED) is 0.452. The Kier molecular flexibility index (Phi) is 3.59. The van der Waals surface area contributed by atoms with Gasteiger partial charge in [-0.05, 0) is 6.07 Å². The lowest BCUT2D eigenvalue weighted by Crippen LogP contribution is -2.39. The molecule has 0 fully saturated rings. The molecule has 88 valence electrons. The molecule has 0 amide bonds. The van der Waals surface area contributed by atoms with E-state index in [1.165, 1.54) is 12.3 Å². The molecule has 5 N–H and O–H groups in total. The Morgan fingerprint density at radius 2 is 2.19 bits per heavy atom. The van der Waals surface area contributed by atoms with E-state index in [9.17, 15) is 14.7 Å². The van der Waals surface area contributed by atoms with E-state index in [1.807, 2.05) is 0 Å². The van der Waals surface area contributed by atoms with Gasteiger partial charge in [-0.1, -0.05) is 0 Å². The minimum absolute atomic E-state index is 0.0227. The van der Waals surface area contributed by atoms with E-state index >= 15 is 0 Å². The van der Waals surface area contributed by atoms with Crippen molar-refractivity contribution in [3.05, 3.63) is 22.7 Å². The first-order chi connectivity index (χ1) is 7.41. The zero-order valence-electron chi connectivity index (χ0n) is 8.15. The van der Waals surface area contributed by atoms with Crippen LogP contribution < -0.4 is 11.4 Å². The van der Waals surface area contributed by atoms with Crippen molar-refractivity contribution in [3.8, 4) is 0 Å². The van der Waals surface area contributed by atoms with Crippen molar-refractivity contribution in [2.24, 2.45) is 0 Å². The molecule has 0 bridgehead atoms. The fraction of sp³-hybridized carbons (Fsp3) is 0.375. The van der Waals surface area contributed by atoms with Crippen LogP contribution in [-0.2, 0) is 11.3 Å². The topological polar surface area (TPSA) is 139 Å². The number of aliphatic hydroxyl groups excluding tert-OH is 2. The molecule has 1 aromatic heterocycles. The summed E-state index contributed by atoms with van der Waals surface area (Å²) in [6.07, 6.45) is -2.30. The van der Waals surface area contributed by atoms with Gasteiger partial charge in [-0.3, -0.25) is 4.57 Å². The first-order valence-corrected chi connectivity index (χ1v) is 4.33. The second-order valence-corrected chi connectivity index (χ2v) is 3.14. The normalized spacial score (nSPS) is 14.4. The summed E-state index contributed by atoms with van der Waals surface area (Å²) in [7, 11) is 0. The molecule has 0 saturated heterocycles. The number of nitrogen functional groups attached to an aromatic ring is 1. The standard InChI is InChI=1S/C8H11N3O5/c9-5-1-2-11(8(16)10-5)3-4(12)6(13)7(14)15/h1-2,4,6,12-13H,3H2,(H,14,15)(H2,9,10,16). The number of carbonyl (C=O) groups is 1. The fourth-order valence-corrected chi connectivity index (χ4v) is 1.05. The first-order valence-electron chi connectivity index (χ1n) is 4.33. The smallest absolute Gasteiger partial charge is 0.349 e. The van der Waals surface area contributed by atoms with Crippen LogP contribution >= 0.6 is 0 Å². The molecule has 0 radical (unpaired) electrons. The highest BCUT2D eigenvalue weighted by atomic mass is 16.4. The van der Waals surface area contributed by atoms with Gasteiger partial charge >= 0.3 is 11.7 Å². The number of nitrogens with two attached hydrogens (primary N) is 1. The van der Waals surface area contributed by atoms with Crippen molar-refractivity contribution in [2.45, 2.75) is 18.8 Å². The summed E-state index contributed by atoms with van der Waals surface area (Å²) < 4.78 is 0.952. The van der Waals surface area contributed by atoms with Gasteiger partial charge in [-0.25, -0.2) is 9.59 Å². The third kappa shape index (κ3) is 2.78. The van der Waals surface area contributed by atoms with E-state index in [2.05, 4.69) is 4.98 Å². The van der Waals surface area contributed by atoms with Crippen LogP contribution in [0.15, 0.2) is 17.1 Å². The zero-order valence-corrected chi connectivity index (χ0v) is 8.15. The Bertz CT molecular complexity index is 444. The van der Waals surface area contributed by atoms with E-state index in [0.29, 0.717) is 0 Å². The van der Waals surface area contributed by atoms with Crippen LogP contribution in [0.1, 0.15) is 0 Å². The van der Waals surface area contributed by atoms with Crippen LogP contribution in [0.25, 0.3) is 0 Å². The molecule has 0 aliphatic heterocycles. The summed E-state index contributed by atoms with van der Waals surface area (Å²) in [5.41, 5.74) is 4.51. The van der Waals surface area contributed by atoms with Gasteiger partial charge in [0, 0.05) is 6.20 Å². The molecule has 2 unspecified atom stereocenters. The minimum Gasteiger partial charge on any atom is -0.479 e. The van der Waals surface area contributed by atoms with Crippen LogP contribution in [-0.4, -0.2) is 43.0 Å². The number of hydrogen-bond donors (Lipinski definition) is 4. The molecule has 16 heavy (non-hydrogen) atoms. The molecular weight excluding hydrogens is 218 g/mol. The first kappa shape index (κ1) is 12.1. The molecule has 2 atom stereocenters. The number of carboxylic acids is 1. The van der Waals surface area contributed by atoms with Gasteiger partial charge in [0.1, 0.15) is 11.9 Å². The SMILES string of the molecule is Nc1ccn(CC(O)C(O)C(=O)O)c(=O)n1. The van der Waals surface area contributed by atoms with Crippen molar-refractivity contribution in [1.82, 2.24) is 9.55 Å². The number of hydrogen-bond acceptors (Lipinski definition) is 6. The minimum atomic E-state index is -1.95. The van der Waals surface area contributed by atoms with Gasteiger partial charge in [0.15, 0.2) is 6.10 Å². The number of aliphatic carboxylic acids is 1. The molecule has 0 spiro atoms. The Labute approximate surface area is 89.6 Å². The molecule has 1 aromatic rings. The van der Waals surface area contributed by atoms with Crippen LogP contribution in [0.4, 0.5) is 5.82 Å². The largest absolute Gasteiger partial charge is 0.479 e. The lowest BCUT2D eigenvalue weighted by molar-refractivity contribution is -0.153. The highest BCUT2D eigenvalue weighted by Crippen LogP contribution is 1.98. The van der Waals surface area contributed by atoms with E-state index in [4.69, 9.17) is 15.9 Å². The molecular formula is C8H11N3O5.